The minimum atomic E-state index is -0.0732. The molecule has 20 heteroatoms. The first-order valence-corrected chi connectivity index (χ1v) is 30.8. The van der Waals surface area contributed by atoms with Crippen LogP contribution in [0, 0.1) is 41.5 Å². The number of nitrogens with zero attached hydrogens (tertiary/aromatic N) is 8. The summed E-state index contributed by atoms with van der Waals surface area (Å²) in [7, 11) is 0. The molecule has 0 radical (unpaired) electrons. The average molecular weight is 1240 g/mol. The van der Waals surface area contributed by atoms with Crippen molar-refractivity contribution in [2.75, 3.05) is 34.4 Å². The minimum absolute atomic E-state index is 0.0304. The van der Waals surface area contributed by atoms with Crippen molar-refractivity contribution in [3.05, 3.63) is 128 Å². The molecule has 8 heterocycles. The molecule has 0 spiro atoms. The predicted octanol–water partition coefficient (Wildman–Crippen LogP) is 17.4. The van der Waals surface area contributed by atoms with E-state index in [2.05, 4.69) is 216 Å². The monoisotopic (exact) mass is 1240 g/mol. The SMILES string of the molecule is CC(C)(C)c1cccc2c(N)nsc12.Cc1cc(C(C)(C)C)c2onc(N)c2c1.Cc1cc(C(C)(C)C)c2onc(N)c2c1C.Cc1cc2c(N)noc2c(C(C)(C)C)n1.Cc1ccc(C(C)(C)C)c2onc(N)c12.Cc1cnc(C(C)(C)C)c2onc(N)c12. The first kappa shape index (κ1) is 68.7. The summed E-state index contributed by atoms with van der Waals surface area (Å²) in [5, 5.41) is 24.7. The standard InChI is InChI=1S/C13H18N2O.2C12H16N2O.2C11H15N3O.C11H14N2S/c1-7-6-9(13(3,4)5)11-10(8(7)2)12(14)15-16-11;1-7-5-8-10(15-14-11(8)13)9(6-7)12(2,3)4;1-7-5-6-8(12(2,3)4)10-9(7)11(13)14-15-10;1-6-5-13-9(11(2,3)4)8-7(6)10(12)14-15-8;1-6-5-7-8(15-14-10(7)12)9(13-6)11(2,3)4;1-11(2,3)8-6-4-5-7-9(8)14-13-10(7)12/h6H,1-5H3,(H2,14,15);2*5-6H,1-4H3,(H2,13,14);2*5H,1-4H3,(H2,12,14);4-6H,1-3H3,(H2,12,13). The zero-order chi connectivity index (χ0) is 67.3. The third kappa shape index (κ3) is 14.8. The smallest absolute Gasteiger partial charge is 0.191 e. The molecule has 90 heavy (non-hydrogen) atoms. The van der Waals surface area contributed by atoms with Gasteiger partial charge in [-0.3, -0.25) is 9.97 Å². The van der Waals surface area contributed by atoms with Crippen LogP contribution in [0.1, 0.15) is 192 Å². The molecule has 0 fully saturated rings. The van der Waals surface area contributed by atoms with E-state index in [0.29, 0.717) is 46.1 Å². The van der Waals surface area contributed by atoms with Crippen LogP contribution in [0.15, 0.2) is 83.4 Å². The van der Waals surface area contributed by atoms with E-state index in [1.54, 1.807) is 0 Å². The third-order valence-corrected chi connectivity index (χ3v) is 16.3. The molecular formula is C70H94N14O5S. The van der Waals surface area contributed by atoms with E-state index in [1.807, 2.05) is 51.2 Å². The second-order valence-corrected chi connectivity index (χ2v) is 30.2. The lowest BCUT2D eigenvalue weighted by atomic mass is 9.84. The van der Waals surface area contributed by atoms with Gasteiger partial charge in [-0.2, -0.15) is 4.37 Å². The number of hydrogen-bond acceptors (Lipinski definition) is 20. The summed E-state index contributed by atoms with van der Waals surface area (Å²) in [6.07, 6.45) is 1.82. The fourth-order valence-electron chi connectivity index (χ4n) is 10.4. The molecule has 8 aromatic heterocycles. The number of nitrogen functional groups attached to an aromatic ring is 6. The van der Waals surface area contributed by atoms with Crippen LogP contribution in [0.2, 0.25) is 0 Å². The van der Waals surface area contributed by atoms with E-state index in [0.717, 1.165) is 99.5 Å². The summed E-state index contributed by atoms with van der Waals surface area (Å²) in [4.78, 5) is 8.90. The number of fused-ring (bicyclic) bond motifs is 6. The topological polar surface area (TPSA) is 325 Å². The number of hydrogen-bond donors (Lipinski definition) is 6. The van der Waals surface area contributed by atoms with Crippen LogP contribution in [-0.2, 0) is 32.5 Å². The van der Waals surface area contributed by atoms with E-state index in [9.17, 15) is 0 Å². The Kier molecular flexibility index (Phi) is 19.3. The molecule has 12 aromatic rings. The molecule has 0 unspecified atom stereocenters. The fraction of sp³-hybridized carbons (Fsp3) is 0.429. The molecule has 0 aliphatic rings. The molecule has 0 aliphatic carbocycles. The predicted molar refractivity (Wildman–Crippen MR) is 372 cm³/mol. The molecule has 19 nitrogen and oxygen atoms in total. The van der Waals surface area contributed by atoms with Gasteiger partial charge in [0, 0.05) is 44.8 Å². The second-order valence-electron chi connectivity index (χ2n) is 29.5. The lowest BCUT2D eigenvalue weighted by Crippen LogP contribution is -2.14. The summed E-state index contributed by atoms with van der Waals surface area (Å²) in [6.45, 7) is 50.7. The van der Waals surface area contributed by atoms with Crippen LogP contribution in [0.3, 0.4) is 0 Å². The Morgan fingerprint density at radius 1 is 0.367 bits per heavy atom. The third-order valence-electron chi connectivity index (χ3n) is 15.4. The van der Waals surface area contributed by atoms with Crippen molar-refractivity contribution in [1.29, 1.82) is 0 Å². The highest BCUT2D eigenvalue weighted by atomic mass is 32.1. The Hall–Kier alpha value is -8.78. The Morgan fingerprint density at radius 3 is 1.36 bits per heavy atom. The van der Waals surface area contributed by atoms with Gasteiger partial charge in [-0.25, -0.2) is 0 Å². The van der Waals surface area contributed by atoms with E-state index in [-0.39, 0.29) is 32.5 Å². The van der Waals surface area contributed by atoms with Gasteiger partial charge in [-0.15, -0.1) is 0 Å². The van der Waals surface area contributed by atoms with Crippen LogP contribution >= 0.6 is 11.5 Å². The second kappa shape index (κ2) is 25.2. The molecule has 4 aromatic carbocycles. The van der Waals surface area contributed by atoms with Crippen molar-refractivity contribution in [1.82, 2.24) is 40.1 Å². The normalized spacial score (nSPS) is 12.3. The first-order chi connectivity index (χ1) is 41.4. The Labute approximate surface area is 532 Å². The van der Waals surface area contributed by atoms with E-state index >= 15 is 0 Å². The zero-order valence-electron chi connectivity index (χ0n) is 57.3. The van der Waals surface area contributed by atoms with Gasteiger partial charge in [0.1, 0.15) is 5.82 Å². The number of aromatic nitrogens is 8. The maximum atomic E-state index is 5.85. The number of rotatable bonds is 0. The maximum absolute atomic E-state index is 5.85. The van der Waals surface area contributed by atoms with Gasteiger partial charge >= 0.3 is 0 Å². The molecule has 0 aliphatic heterocycles. The van der Waals surface area contributed by atoms with Gasteiger partial charge in [0.25, 0.3) is 0 Å². The number of benzene rings is 4. The Morgan fingerprint density at radius 2 is 0.822 bits per heavy atom. The van der Waals surface area contributed by atoms with Crippen LogP contribution in [0.25, 0.3) is 64.9 Å². The molecule has 0 bridgehead atoms. The lowest BCUT2D eigenvalue weighted by Gasteiger charge is -2.20. The van der Waals surface area contributed by atoms with Gasteiger partial charge in [0.15, 0.2) is 57.0 Å². The maximum Gasteiger partial charge on any atom is 0.191 e. The summed E-state index contributed by atoms with van der Waals surface area (Å²) < 4.78 is 31.8. The van der Waals surface area contributed by atoms with E-state index in [1.165, 1.54) is 32.9 Å². The molecule has 12 N–H and O–H groups in total. The largest absolute Gasteiger partial charge is 0.382 e. The average Bonchev–Trinajstić information content (AvgIpc) is 1.62. The van der Waals surface area contributed by atoms with Crippen LogP contribution in [-0.4, -0.2) is 40.1 Å². The van der Waals surface area contributed by atoms with Crippen LogP contribution in [0.4, 0.5) is 34.9 Å². The molecule has 0 atom stereocenters. The summed E-state index contributed by atoms with van der Waals surface area (Å²) in [5.41, 5.74) is 51.8. The molecule has 12 rings (SSSR count). The summed E-state index contributed by atoms with van der Waals surface area (Å²) in [5.74, 6) is 2.96. The van der Waals surface area contributed by atoms with Crippen molar-refractivity contribution in [2.45, 2.75) is 199 Å². The van der Waals surface area contributed by atoms with E-state index in [4.69, 9.17) is 57.0 Å². The molecule has 0 saturated carbocycles. The molecule has 0 amide bonds. The Balaban J connectivity index is 0.000000154. The number of nitrogens with two attached hydrogens (primary N) is 6. The lowest BCUT2D eigenvalue weighted by molar-refractivity contribution is 0.445. The number of anilines is 6. The number of pyridine rings is 2. The summed E-state index contributed by atoms with van der Waals surface area (Å²) >= 11 is 1.49. The molecule has 0 saturated heterocycles. The van der Waals surface area contributed by atoms with Crippen LogP contribution in [0.5, 0.6) is 0 Å². The van der Waals surface area contributed by atoms with Gasteiger partial charge in [-0.05, 0) is 126 Å². The van der Waals surface area contributed by atoms with Crippen molar-refractivity contribution in [3.8, 4) is 0 Å². The molecule has 480 valence electrons. The van der Waals surface area contributed by atoms with Crippen LogP contribution < -0.4 is 34.4 Å². The highest BCUT2D eigenvalue weighted by Crippen LogP contribution is 2.40. The van der Waals surface area contributed by atoms with Crippen molar-refractivity contribution >= 4 is 111 Å². The van der Waals surface area contributed by atoms with Crippen molar-refractivity contribution < 1.29 is 22.6 Å². The Bertz CT molecular complexity index is 4340. The van der Waals surface area contributed by atoms with Gasteiger partial charge in [0.2, 0.25) is 0 Å². The quantitative estimate of drug-likeness (QED) is 0.0821. The van der Waals surface area contributed by atoms with Crippen molar-refractivity contribution in [2.24, 2.45) is 0 Å². The van der Waals surface area contributed by atoms with E-state index < -0.39 is 0 Å². The van der Waals surface area contributed by atoms with Gasteiger partial charge < -0.3 is 57.0 Å². The fourth-order valence-corrected chi connectivity index (χ4v) is 11.4. The van der Waals surface area contributed by atoms with Gasteiger partial charge in [-0.1, -0.05) is 187 Å². The first-order valence-electron chi connectivity index (χ1n) is 30.1. The molecular weight excluding hydrogens is 1150 g/mol. The summed E-state index contributed by atoms with van der Waals surface area (Å²) in [6, 6.07) is 18.6. The van der Waals surface area contributed by atoms with Crippen molar-refractivity contribution in [3.63, 3.8) is 0 Å². The van der Waals surface area contributed by atoms with Gasteiger partial charge in [0.05, 0.1) is 43.0 Å². The minimum Gasteiger partial charge on any atom is -0.382 e. The number of aryl methyl sites for hydroxylation is 6. The highest BCUT2D eigenvalue weighted by Gasteiger charge is 2.28. The highest BCUT2D eigenvalue weighted by molar-refractivity contribution is 7.14. The zero-order valence-corrected chi connectivity index (χ0v) is 58.1.